The van der Waals surface area contributed by atoms with E-state index in [9.17, 15) is 4.79 Å². The number of imidazole rings is 1. The predicted octanol–water partition coefficient (Wildman–Crippen LogP) is 2.78. The summed E-state index contributed by atoms with van der Waals surface area (Å²) < 4.78 is 8.94. The molecule has 3 heterocycles. The van der Waals surface area contributed by atoms with Gasteiger partial charge in [-0.05, 0) is 30.3 Å². The number of rotatable bonds is 7. The lowest BCUT2D eigenvalue weighted by atomic mass is 10.1. The summed E-state index contributed by atoms with van der Waals surface area (Å²) in [7, 11) is 3.37. The first-order valence-electron chi connectivity index (χ1n) is 9.55. The van der Waals surface area contributed by atoms with Crippen molar-refractivity contribution in [1.82, 2.24) is 29.6 Å². The zero-order chi connectivity index (χ0) is 20.9. The van der Waals surface area contributed by atoms with Crippen molar-refractivity contribution in [3.05, 3.63) is 72.8 Å². The maximum absolute atomic E-state index is 12.7. The quantitative estimate of drug-likeness (QED) is 0.514. The number of carbonyl (C=O) groups excluding carboxylic acids is 1. The summed E-state index contributed by atoms with van der Waals surface area (Å²) in [6, 6.07) is 15.1. The maximum atomic E-state index is 12.7. The largest absolute Gasteiger partial charge is 0.496 e. The average Bonchev–Trinajstić information content (AvgIpc) is 3.41. The molecular weight excluding hydrogens is 380 g/mol. The summed E-state index contributed by atoms with van der Waals surface area (Å²) in [5.74, 6) is 1.29. The van der Waals surface area contributed by atoms with Gasteiger partial charge in [0.05, 0.1) is 12.8 Å². The molecule has 0 saturated heterocycles. The molecule has 8 heteroatoms. The average molecular weight is 402 g/mol. The highest BCUT2D eigenvalue weighted by molar-refractivity contribution is 5.93. The van der Waals surface area contributed by atoms with E-state index in [4.69, 9.17) is 4.74 Å². The fraction of sp³-hybridized carbons (Fsp3) is 0.182. The molecule has 1 N–H and O–H groups in total. The summed E-state index contributed by atoms with van der Waals surface area (Å²) >= 11 is 0. The molecule has 152 valence electrons. The first-order chi connectivity index (χ1) is 14.7. The molecule has 0 aliphatic heterocycles. The lowest BCUT2D eigenvalue weighted by Gasteiger charge is -2.09. The van der Waals surface area contributed by atoms with Gasteiger partial charge in [-0.2, -0.15) is 5.10 Å². The molecule has 0 radical (unpaired) electrons. The summed E-state index contributed by atoms with van der Waals surface area (Å²) in [5.41, 5.74) is 2.80. The minimum Gasteiger partial charge on any atom is -0.496 e. The standard InChI is InChI=1S/C22H22N6O2/c1-27-19(15-18(26-27)16-7-3-4-9-20(16)30-2)22(29)25-12-14-28-13-11-24-21(28)17-8-5-6-10-23-17/h3-11,13,15H,12,14H2,1-2H3,(H,25,29). The van der Waals surface area contributed by atoms with Gasteiger partial charge in [0.1, 0.15) is 17.1 Å². The number of pyridine rings is 1. The van der Waals surface area contributed by atoms with Crippen molar-refractivity contribution in [2.24, 2.45) is 7.05 Å². The number of amides is 1. The van der Waals surface area contributed by atoms with E-state index < -0.39 is 0 Å². The number of hydrogen-bond donors (Lipinski definition) is 1. The van der Waals surface area contributed by atoms with Crippen LogP contribution < -0.4 is 10.1 Å². The number of para-hydroxylation sites is 1. The van der Waals surface area contributed by atoms with Crippen molar-refractivity contribution >= 4 is 5.91 Å². The number of carbonyl (C=O) groups is 1. The summed E-state index contributed by atoms with van der Waals surface area (Å²) in [5, 5.41) is 7.42. The zero-order valence-electron chi connectivity index (χ0n) is 16.8. The zero-order valence-corrected chi connectivity index (χ0v) is 16.8. The summed E-state index contributed by atoms with van der Waals surface area (Å²) in [4.78, 5) is 21.4. The third-order valence-electron chi connectivity index (χ3n) is 4.74. The number of hydrogen-bond acceptors (Lipinski definition) is 5. The molecule has 30 heavy (non-hydrogen) atoms. The van der Waals surface area contributed by atoms with E-state index in [2.05, 4.69) is 20.4 Å². The number of benzene rings is 1. The van der Waals surface area contributed by atoms with Crippen molar-refractivity contribution in [3.63, 3.8) is 0 Å². The van der Waals surface area contributed by atoms with Gasteiger partial charge in [-0.25, -0.2) is 4.98 Å². The van der Waals surface area contributed by atoms with Crippen LogP contribution in [0, 0.1) is 0 Å². The Bertz CT molecular complexity index is 1150. The fourth-order valence-electron chi connectivity index (χ4n) is 3.27. The van der Waals surface area contributed by atoms with E-state index in [1.165, 1.54) is 0 Å². The van der Waals surface area contributed by atoms with Gasteiger partial charge in [-0.1, -0.05) is 18.2 Å². The molecule has 0 spiro atoms. The summed E-state index contributed by atoms with van der Waals surface area (Å²) in [6.45, 7) is 1.03. The molecule has 0 bridgehead atoms. The Morgan fingerprint density at radius 2 is 1.90 bits per heavy atom. The molecule has 3 aromatic heterocycles. The van der Waals surface area contributed by atoms with Gasteiger partial charge >= 0.3 is 0 Å². The van der Waals surface area contributed by atoms with Crippen molar-refractivity contribution in [3.8, 4) is 28.5 Å². The molecule has 0 aliphatic rings. The first-order valence-corrected chi connectivity index (χ1v) is 9.55. The van der Waals surface area contributed by atoms with Crippen LogP contribution in [0.5, 0.6) is 5.75 Å². The number of nitrogens with one attached hydrogen (secondary N) is 1. The van der Waals surface area contributed by atoms with E-state index in [1.54, 1.807) is 37.3 Å². The Hall–Kier alpha value is -3.94. The van der Waals surface area contributed by atoms with Crippen LogP contribution >= 0.6 is 0 Å². The Kier molecular flexibility index (Phi) is 5.56. The van der Waals surface area contributed by atoms with E-state index in [0.717, 1.165) is 17.1 Å². The maximum Gasteiger partial charge on any atom is 0.269 e. The molecule has 0 fully saturated rings. The normalized spacial score (nSPS) is 10.7. The molecule has 4 aromatic rings. The van der Waals surface area contributed by atoms with Gasteiger partial charge in [0.2, 0.25) is 0 Å². The molecule has 4 rings (SSSR count). The Morgan fingerprint density at radius 3 is 2.70 bits per heavy atom. The van der Waals surface area contributed by atoms with Gasteiger partial charge in [0, 0.05) is 44.3 Å². The third kappa shape index (κ3) is 3.93. The Morgan fingerprint density at radius 1 is 1.07 bits per heavy atom. The second-order valence-corrected chi connectivity index (χ2v) is 6.65. The fourth-order valence-corrected chi connectivity index (χ4v) is 3.27. The second-order valence-electron chi connectivity index (χ2n) is 6.65. The number of ether oxygens (including phenoxy) is 1. The van der Waals surface area contributed by atoms with Crippen LogP contribution in [0.1, 0.15) is 10.5 Å². The predicted molar refractivity (Wildman–Crippen MR) is 113 cm³/mol. The number of aryl methyl sites for hydroxylation is 1. The van der Waals surface area contributed by atoms with Crippen LogP contribution in [0.4, 0.5) is 0 Å². The van der Waals surface area contributed by atoms with Crippen LogP contribution in [0.25, 0.3) is 22.8 Å². The Labute approximate surface area is 174 Å². The number of methoxy groups -OCH3 is 1. The van der Waals surface area contributed by atoms with Gasteiger partial charge in [0.15, 0.2) is 5.82 Å². The van der Waals surface area contributed by atoms with Gasteiger partial charge in [-0.3, -0.25) is 14.5 Å². The molecule has 0 aliphatic carbocycles. The number of nitrogens with zero attached hydrogens (tertiary/aromatic N) is 5. The van der Waals surface area contributed by atoms with Crippen LogP contribution in [-0.4, -0.2) is 43.9 Å². The van der Waals surface area contributed by atoms with Gasteiger partial charge in [0.25, 0.3) is 5.91 Å². The first kappa shape index (κ1) is 19.4. The van der Waals surface area contributed by atoms with Crippen molar-refractivity contribution < 1.29 is 9.53 Å². The highest BCUT2D eigenvalue weighted by Gasteiger charge is 2.16. The third-order valence-corrected chi connectivity index (χ3v) is 4.74. The van der Waals surface area contributed by atoms with Crippen LogP contribution in [-0.2, 0) is 13.6 Å². The molecule has 0 saturated carbocycles. The van der Waals surface area contributed by atoms with Crippen molar-refractivity contribution in [2.75, 3.05) is 13.7 Å². The molecule has 8 nitrogen and oxygen atoms in total. The Balaban J connectivity index is 1.44. The van der Waals surface area contributed by atoms with Crippen molar-refractivity contribution in [2.45, 2.75) is 6.54 Å². The van der Waals surface area contributed by atoms with Crippen LogP contribution in [0.15, 0.2) is 67.1 Å². The van der Waals surface area contributed by atoms with Crippen molar-refractivity contribution in [1.29, 1.82) is 0 Å². The lowest BCUT2D eigenvalue weighted by Crippen LogP contribution is -2.28. The molecular formula is C22H22N6O2. The van der Waals surface area contributed by atoms with Gasteiger partial charge in [-0.15, -0.1) is 0 Å². The minimum absolute atomic E-state index is 0.189. The van der Waals surface area contributed by atoms with Gasteiger partial charge < -0.3 is 14.6 Å². The molecule has 0 atom stereocenters. The highest BCUT2D eigenvalue weighted by Crippen LogP contribution is 2.28. The lowest BCUT2D eigenvalue weighted by molar-refractivity contribution is 0.0943. The van der Waals surface area contributed by atoms with E-state index in [-0.39, 0.29) is 5.91 Å². The molecule has 0 unspecified atom stereocenters. The number of aromatic nitrogens is 5. The highest BCUT2D eigenvalue weighted by atomic mass is 16.5. The van der Waals surface area contributed by atoms with E-state index in [0.29, 0.717) is 30.2 Å². The SMILES string of the molecule is COc1ccccc1-c1cc(C(=O)NCCn2ccnc2-c2ccccn2)n(C)n1. The molecule has 1 amide bonds. The monoisotopic (exact) mass is 402 g/mol. The van der Waals surface area contributed by atoms with E-state index >= 15 is 0 Å². The van der Waals surface area contributed by atoms with Crippen LogP contribution in [0.2, 0.25) is 0 Å². The second kappa shape index (κ2) is 8.60. The summed E-state index contributed by atoms with van der Waals surface area (Å²) in [6.07, 6.45) is 5.34. The smallest absolute Gasteiger partial charge is 0.269 e. The topological polar surface area (TPSA) is 86.9 Å². The minimum atomic E-state index is -0.189. The van der Waals surface area contributed by atoms with E-state index in [1.807, 2.05) is 53.2 Å². The van der Waals surface area contributed by atoms with Crippen LogP contribution in [0.3, 0.4) is 0 Å². The molecule has 1 aromatic carbocycles.